The number of amides is 1. The van der Waals surface area contributed by atoms with Crippen molar-refractivity contribution in [1.29, 1.82) is 0 Å². The number of methoxy groups -OCH3 is 1. The van der Waals surface area contributed by atoms with Crippen molar-refractivity contribution in [3.8, 4) is 5.75 Å². The third-order valence-electron chi connectivity index (χ3n) is 5.36. The molecule has 6 nitrogen and oxygen atoms in total. The number of nitrogens with zero attached hydrogens (tertiary/aromatic N) is 2. The second kappa shape index (κ2) is 9.39. The highest BCUT2D eigenvalue weighted by Gasteiger charge is 2.11. The molecule has 0 radical (unpaired) electrons. The van der Waals surface area contributed by atoms with E-state index < -0.39 is 0 Å². The SMILES string of the molecule is COc1cccc(CCNC(=O)CCCn2c(=O)c3cccn3c3ccc(Br)cc32)c1. The molecule has 1 N–H and O–H groups in total. The maximum Gasteiger partial charge on any atom is 0.275 e. The van der Waals surface area contributed by atoms with E-state index in [9.17, 15) is 9.59 Å². The third kappa shape index (κ3) is 4.66. The van der Waals surface area contributed by atoms with Crippen LogP contribution in [0.25, 0.3) is 16.6 Å². The molecule has 0 bridgehead atoms. The number of aromatic nitrogens is 2. The monoisotopic (exact) mass is 481 g/mol. The fourth-order valence-corrected chi connectivity index (χ4v) is 4.16. The Balaban J connectivity index is 1.38. The zero-order chi connectivity index (χ0) is 21.8. The van der Waals surface area contributed by atoms with Crippen molar-refractivity contribution < 1.29 is 9.53 Å². The molecule has 0 aliphatic rings. The number of aryl methyl sites for hydroxylation is 1. The summed E-state index contributed by atoms with van der Waals surface area (Å²) >= 11 is 3.50. The van der Waals surface area contributed by atoms with Crippen LogP contribution in [0.3, 0.4) is 0 Å². The van der Waals surface area contributed by atoms with Crippen molar-refractivity contribution in [1.82, 2.24) is 14.3 Å². The number of rotatable bonds is 8. The largest absolute Gasteiger partial charge is 0.497 e. The van der Waals surface area contributed by atoms with Gasteiger partial charge in [0.25, 0.3) is 5.56 Å². The molecule has 0 aliphatic heterocycles. The van der Waals surface area contributed by atoms with Gasteiger partial charge in [-0.2, -0.15) is 0 Å². The van der Waals surface area contributed by atoms with Gasteiger partial charge in [-0.15, -0.1) is 0 Å². The summed E-state index contributed by atoms with van der Waals surface area (Å²) in [6.07, 6.45) is 3.59. The Bertz CT molecular complexity index is 1290. The Labute approximate surface area is 188 Å². The Morgan fingerprint density at radius 1 is 1.06 bits per heavy atom. The molecule has 4 rings (SSSR count). The van der Waals surface area contributed by atoms with Crippen molar-refractivity contribution in [3.63, 3.8) is 0 Å². The van der Waals surface area contributed by atoms with Crippen LogP contribution in [0.5, 0.6) is 5.75 Å². The topological polar surface area (TPSA) is 64.7 Å². The first-order valence-corrected chi connectivity index (χ1v) is 11.0. The van der Waals surface area contributed by atoms with Crippen LogP contribution in [0, 0.1) is 0 Å². The molecule has 2 aromatic carbocycles. The predicted octanol–water partition coefficient (Wildman–Crippen LogP) is 4.16. The van der Waals surface area contributed by atoms with Gasteiger partial charge in [0.05, 0.1) is 18.1 Å². The highest BCUT2D eigenvalue weighted by molar-refractivity contribution is 9.10. The second-order valence-corrected chi connectivity index (χ2v) is 8.32. The van der Waals surface area contributed by atoms with E-state index in [4.69, 9.17) is 4.74 Å². The van der Waals surface area contributed by atoms with Crippen LogP contribution >= 0.6 is 15.9 Å². The number of halogens is 1. The fraction of sp³-hybridized carbons (Fsp3) is 0.250. The van der Waals surface area contributed by atoms with E-state index in [1.807, 2.05) is 65.2 Å². The molecule has 0 atom stereocenters. The van der Waals surface area contributed by atoms with Gasteiger partial charge in [0, 0.05) is 30.2 Å². The molecule has 0 saturated heterocycles. The van der Waals surface area contributed by atoms with Gasteiger partial charge in [-0.25, -0.2) is 0 Å². The van der Waals surface area contributed by atoms with E-state index in [2.05, 4.69) is 21.2 Å². The van der Waals surface area contributed by atoms with E-state index >= 15 is 0 Å². The molecule has 31 heavy (non-hydrogen) atoms. The summed E-state index contributed by atoms with van der Waals surface area (Å²) in [5.74, 6) is 0.804. The molecular weight excluding hydrogens is 458 g/mol. The minimum absolute atomic E-state index is 0.00908. The first-order chi connectivity index (χ1) is 15.1. The predicted molar refractivity (Wildman–Crippen MR) is 126 cm³/mol. The third-order valence-corrected chi connectivity index (χ3v) is 5.85. The zero-order valence-electron chi connectivity index (χ0n) is 17.3. The summed E-state index contributed by atoms with van der Waals surface area (Å²) in [6.45, 7) is 1.05. The Hall–Kier alpha value is -3.06. The summed E-state index contributed by atoms with van der Waals surface area (Å²) in [6, 6.07) is 17.4. The Kier molecular flexibility index (Phi) is 6.42. The quantitative estimate of drug-likeness (QED) is 0.410. The molecule has 0 unspecified atom stereocenters. The van der Waals surface area contributed by atoms with Crippen molar-refractivity contribution in [2.45, 2.75) is 25.8 Å². The highest BCUT2D eigenvalue weighted by atomic mass is 79.9. The van der Waals surface area contributed by atoms with Gasteiger partial charge < -0.3 is 19.0 Å². The molecular formula is C24H24BrN3O3. The van der Waals surface area contributed by atoms with E-state index in [0.29, 0.717) is 31.4 Å². The average molecular weight is 482 g/mol. The number of carbonyl (C=O) groups excluding carboxylic acids is 1. The van der Waals surface area contributed by atoms with Gasteiger partial charge in [-0.1, -0.05) is 28.1 Å². The normalized spacial score (nSPS) is 11.2. The van der Waals surface area contributed by atoms with Crippen LogP contribution in [-0.2, 0) is 17.8 Å². The Morgan fingerprint density at radius 2 is 1.94 bits per heavy atom. The van der Waals surface area contributed by atoms with Gasteiger partial charge in [0.15, 0.2) is 0 Å². The van der Waals surface area contributed by atoms with Gasteiger partial charge in [0.2, 0.25) is 5.91 Å². The average Bonchev–Trinajstić information content (AvgIpc) is 3.26. The summed E-state index contributed by atoms with van der Waals surface area (Å²) in [4.78, 5) is 25.3. The number of benzene rings is 2. The first kappa shape index (κ1) is 21.2. The lowest BCUT2D eigenvalue weighted by atomic mass is 10.1. The number of ether oxygens (including phenoxy) is 1. The number of carbonyl (C=O) groups is 1. The first-order valence-electron chi connectivity index (χ1n) is 10.3. The maximum absolute atomic E-state index is 13.0. The van der Waals surface area contributed by atoms with Gasteiger partial charge in [-0.05, 0) is 60.9 Å². The summed E-state index contributed by atoms with van der Waals surface area (Å²) < 4.78 is 9.81. The van der Waals surface area contributed by atoms with Gasteiger partial charge in [-0.3, -0.25) is 9.59 Å². The number of nitrogens with one attached hydrogen (secondary N) is 1. The van der Waals surface area contributed by atoms with Crippen LogP contribution in [0.15, 0.2) is 70.1 Å². The fourth-order valence-electron chi connectivity index (χ4n) is 3.81. The molecule has 4 aromatic rings. The lowest BCUT2D eigenvalue weighted by Gasteiger charge is -2.13. The summed E-state index contributed by atoms with van der Waals surface area (Å²) in [5.41, 5.74) is 3.52. The zero-order valence-corrected chi connectivity index (χ0v) is 18.9. The molecule has 160 valence electrons. The summed E-state index contributed by atoms with van der Waals surface area (Å²) in [5, 5.41) is 2.96. The molecule has 7 heteroatoms. The molecule has 0 spiro atoms. The highest BCUT2D eigenvalue weighted by Crippen LogP contribution is 2.20. The van der Waals surface area contributed by atoms with Crippen LogP contribution in [0.2, 0.25) is 0 Å². The standard InChI is InChI=1S/C24H24BrN3O3/c1-31-19-6-2-5-17(15-19)11-12-26-23(29)8-4-14-28-22-16-18(25)9-10-20(22)27-13-3-7-21(27)24(28)30/h2-3,5-7,9-10,13,15-16H,4,8,11-12,14H2,1H3,(H,26,29). The van der Waals surface area contributed by atoms with Gasteiger partial charge >= 0.3 is 0 Å². The van der Waals surface area contributed by atoms with Crippen molar-refractivity contribution in [2.75, 3.05) is 13.7 Å². The molecule has 2 aromatic heterocycles. The van der Waals surface area contributed by atoms with Crippen LogP contribution in [0.4, 0.5) is 0 Å². The summed E-state index contributed by atoms with van der Waals surface area (Å²) in [7, 11) is 1.64. The van der Waals surface area contributed by atoms with E-state index in [0.717, 1.165) is 33.2 Å². The van der Waals surface area contributed by atoms with Crippen LogP contribution < -0.4 is 15.6 Å². The number of hydrogen-bond acceptors (Lipinski definition) is 3. The van der Waals surface area contributed by atoms with Crippen LogP contribution in [0.1, 0.15) is 18.4 Å². The molecule has 0 aliphatic carbocycles. The molecule has 1 amide bonds. The van der Waals surface area contributed by atoms with Crippen LogP contribution in [-0.4, -0.2) is 28.5 Å². The van der Waals surface area contributed by atoms with E-state index in [1.54, 1.807) is 11.7 Å². The number of fused-ring (bicyclic) bond motifs is 3. The minimum atomic E-state index is -0.0472. The van der Waals surface area contributed by atoms with Crippen molar-refractivity contribution in [2.24, 2.45) is 0 Å². The molecule has 0 saturated carbocycles. The van der Waals surface area contributed by atoms with E-state index in [-0.39, 0.29) is 11.5 Å². The smallest absolute Gasteiger partial charge is 0.275 e. The number of hydrogen-bond donors (Lipinski definition) is 1. The maximum atomic E-state index is 13.0. The van der Waals surface area contributed by atoms with Crippen molar-refractivity contribution in [3.05, 3.63) is 81.2 Å². The lowest BCUT2D eigenvalue weighted by Crippen LogP contribution is -2.27. The Morgan fingerprint density at radius 3 is 2.77 bits per heavy atom. The minimum Gasteiger partial charge on any atom is -0.497 e. The van der Waals surface area contributed by atoms with E-state index in [1.165, 1.54) is 0 Å². The van der Waals surface area contributed by atoms with Crippen molar-refractivity contribution >= 4 is 38.4 Å². The lowest BCUT2D eigenvalue weighted by molar-refractivity contribution is -0.121. The molecule has 0 fully saturated rings. The second-order valence-electron chi connectivity index (χ2n) is 7.41. The molecule has 2 heterocycles. The van der Waals surface area contributed by atoms with Gasteiger partial charge in [0.1, 0.15) is 11.3 Å².